The molecule has 0 saturated heterocycles. The van der Waals surface area contributed by atoms with Crippen LogP contribution in [0.1, 0.15) is 22.8 Å². The van der Waals surface area contributed by atoms with E-state index in [1.165, 1.54) is 0 Å². The Balaban J connectivity index is 1.65. The van der Waals surface area contributed by atoms with Crippen molar-refractivity contribution in [2.24, 2.45) is 0 Å². The molecule has 0 radical (unpaired) electrons. The van der Waals surface area contributed by atoms with E-state index in [1.54, 1.807) is 34.3 Å². The molecule has 1 amide bonds. The van der Waals surface area contributed by atoms with Crippen molar-refractivity contribution in [2.45, 2.75) is 20.0 Å². The van der Waals surface area contributed by atoms with Crippen LogP contribution in [0, 0.1) is 6.92 Å². The first-order chi connectivity index (χ1) is 12.1. The lowest BCUT2D eigenvalue weighted by atomic mass is 10.1. The number of amides is 1. The standard InChI is InChI=1S/C19H18N4O2/c1-13-3-5-16-17(9-13)25-14(2)11-23(16)19(24)15-4-6-18(21-10-15)22-8-7-20-12-22/h3-10,12,14H,11H2,1-2H3/t14-/m0/s1. The van der Waals surface area contributed by atoms with Crippen LogP contribution in [0.3, 0.4) is 0 Å². The van der Waals surface area contributed by atoms with Gasteiger partial charge in [0.05, 0.1) is 17.8 Å². The number of carbonyl (C=O) groups is 1. The van der Waals surface area contributed by atoms with E-state index in [0.29, 0.717) is 12.1 Å². The number of imidazole rings is 1. The van der Waals surface area contributed by atoms with E-state index in [0.717, 1.165) is 22.8 Å². The van der Waals surface area contributed by atoms with Crippen LogP contribution in [0.25, 0.3) is 5.82 Å². The molecular formula is C19H18N4O2. The summed E-state index contributed by atoms with van der Waals surface area (Å²) in [4.78, 5) is 23.1. The molecule has 3 heterocycles. The van der Waals surface area contributed by atoms with Gasteiger partial charge < -0.3 is 9.64 Å². The van der Waals surface area contributed by atoms with Crippen LogP contribution >= 0.6 is 0 Å². The van der Waals surface area contributed by atoms with Crippen LogP contribution in [0.4, 0.5) is 5.69 Å². The van der Waals surface area contributed by atoms with Gasteiger partial charge in [-0.2, -0.15) is 0 Å². The summed E-state index contributed by atoms with van der Waals surface area (Å²) in [6, 6.07) is 9.49. The van der Waals surface area contributed by atoms with Gasteiger partial charge in [-0.1, -0.05) is 6.07 Å². The average molecular weight is 334 g/mol. The molecule has 1 aromatic carbocycles. The summed E-state index contributed by atoms with van der Waals surface area (Å²) in [5.41, 5.74) is 2.45. The zero-order valence-electron chi connectivity index (χ0n) is 14.1. The lowest BCUT2D eigenvalue weighted by Gasteiger charge is -2.33. The van der Waals surface area contributed by atoms with E-state index < -0.39 is 0 Å². The van der Waals surface area contributed by atoms with E-state index in [4.69, 9.17) is 4.74 Å². The summed E-state index contributed by atoms with van der Waals surface area (Å²) in [6.07, 6.45) is 6.72. The Bertz CT molecular complexity index is 904. The molecule has 0 saturated carbocycles. The zero-order chi connectivity index (χ0) is 17.4. The minimum Gasteiger partial charge on any atom is -0.487 e. The number of fused-ring (bicyclic) bond motifs is 1. The molecule has 0 N–H and O–H groups in total. The highest BCUT2D eigenvalue weighted by atomic mass is 16.5. The van der Waals surface area contributed by atoms with Gasteiger partial charge in [0.15, 0.2) is 0 Å². The predicted molar refractivity (Wildman–Crippen MR) is 94.3 cm³/mol. The topological polar surface area (TPSA) is 60.2 Å². The Hall–Kier alpha value is -3.15. The largest absolute Gasteiger partial charge is 0.487 e. The fraction of sp³-hybridized carbons (Fsp3) is 0.211. The normalized spacial score (nSPS) is 16.2. The smallest absolute Gasteiger partial charge is 0.260 e. The number of aryl methyl sites for hydroxylation is 1. The molecule has 3 aromatic rings. The summed E-state index contributed by atoms with van der Waals surface area (Å²) >= 11 is 0. The second-order valence-electron chi connectivity index (χ2n) is 6.19. The molecule has 2 aromatic heterocycles. The van der Waals surface area contributed by atoms with Gasteiger partial charge in [-0.25, -0.2) is 9.97 Å². The Kier molecular flexibility index (Phi) is 3.72. The van der Waals surface area contributed by atoms with Crippen LogP contribution in [-0.2, 0) is 0 Å². The van der Waals surface area contributed by atoms with Crippen molar-refractivity contribution in [2.75, 3.05) is 11.4 Å². The van der Waals surface area contributed by atoms with Gasteiger partial charge in [0.1, 0.15) is 24.0 Å². The molecule has 0 fully saturated rings. The number of carbonyl (C=O) groups excluding carboxylic acids is 1. The second-order valence-corrected chi connectivity index (χ2v) is 6.19. The van der Waals surface area contributed by atoms with Gasteiger partial charge in [0, 0.05) is 18.6 Å². The number of benzene rings is 1. The summed E-state index contributed by atoms with van der Waals surface area (Å²) in [6.45, 7) is 4.48. The van der Waals surface area contributed by atoms with E-state index >= 15 is 0 Å². The van der Waals surface area contributed by atoms with Crippen molar-refractivity contribution < 1.29 is 9.53 Å². The van der Waals surface area contributed by atoms with Crippen molar-refractivity contribution in [1.29, 1.82) is 0 Å². The van der Waals surface area contributed by atoms with Gasteiger partial charge in [-0.3, -0.25) is 9.36 Å². The molecule has 0 aliphatic carbocycles. The first kappa shape index (κ1) is 15.4. The molecule has 0 spiro atoms. The number of anilines is 1. The summed E-state index contributed by atoms with van der Waals surface area (Å²) in [5, 5.41) is 0. The second kappa shape index (κ2) is 6.05. The Labute approximate surface area is 145 Å². The lowest BCUT2D eigenvalue weighted by molar-refractivity contribution is 0.0960. The maximum atomic E-state index is 13.0. The zero-order valence-corrected chi connectivity index (χ0v) is 14.1. The number of pyridine rings is 1. The third kappa shape index (κ3) is 2.87. The summed E-state index contributed by atoms with van der Waals surface area (Å²) < 4.78 is 7.67. The fourth-order valence-electron chi connectivity index (χ4n) is 2.96. The van der Waals surface area contributed by atoms with Crippen molar-refractivity contribution in [3.05, 3.63) is 66.4 Å². The van der Waals surface area contributed by atoms with Crippen molar-refractivity contribution in [1.82, 2.24) is 14.5 Å². The third-order valence-electron chi connectivity index (χ3n) is 4.18. The van der Waals surface area contributed by atoms with E-state index in [9.17, 15) is 4.79 Å². The van der Waals surface area contributed by atoms with Crippen molar-refractivity contribution >= 4 is 11.6 Å². The molecule has 6 nitrogen and oxygen atoms in total. The van der Waals surface area contributed by atoms with Crippen LogP contribution in [0.5, 0.6) is 5.75 Å². The fourth-order valence-corrected chi connectivity index (χ4v) is 2.96. The van der Waals surface area contributed by atoms with Crippen molar-refractivity contribution in [3.8, 4) is 11.6 Å². The van der Waals surface area contributed by atoms with Crippen LogP contribution in [-0.4, -0.2) is 33.1 Å². The minimum atomic E-state index is -0.0788. The molecular weight excluding hydrogens is 316 g/mol. The lowest BCUT2D eigenvalue weighted by Crippen LogP contribution is -2.42. The van der Waals surface area contributed by atoms with E-state index in [1.807, 2.05) is 44.3 Å². The maximum absolute atomic E-state index is 13.0. The maximum Gasteiger partial charge on any atom is 0.260 e. The molecule has 6 heteroatoms. The Morgan fingerprint density at radius 2 is 2.16 bits per heavy atom. The van der Waals surface area contributed by atoms with Gasteiger partial charge >= 0.3 is 0 Å². The highest BCUT2D eigenvalue weighted by Crippen LogP contribution is 2.35. The molecule has 1 aliphatic rings. The molecule has 1 aliphatic heterocycles. The highest BCUT2D eigenvalue weighted by Gasteiger charge is 2.28. The van der Waals surface area contributed by atoms with Gasteiger partial charge in [-0.05, 0) is 43.7 Å². The van der Waals surface area contributed by atoms with Gasteiger partial charge in [0.2, 0.25) is 0 Å². The molecule has 0 unspecified atom stereocenters. The van der Waals surface area contributed by atoms with Gasteiger partial charge in [0.25, 0.3) is 5.91 Å². The number of aromatic nitrogens is 3. The number of ether oxygens (including phenoxy) is 1. The van der Waals surface area contributed by atoms with Crippen LogP contribution < -0.4 is 9.64 Å². The minimum absolute atomic E-state index is 0.0589. The number of hydrogen-bond acceptors (Lipinski definition) is 4. The highest BCUT2D eigenvalue weighted by molar-refractivity contribution is 6.07. The van der Waals surface area contributed by atoms with E-state index in [2.05, 4.69) is 9.97 Å². The molecule has 0 bridgehead atoms. The molecule has 126 valence electrons. The molecule has 25 heavy (non-hydrogen) atoms. The predicted octanol–water partition coefficient (Wildman–Crippen LogP) is 3.00. The van der Waals surface area contributed by atoms with Crippen LogP contribution in [0.15, 0.2) is 55.2 Å². The SMILES string of the molecule is Cc1ccc2c(c1)O[C@@H](C)CN2C(=O)c1ccc(-n2ccnc2)nc1. The first-order valence-corrected chi connectivity index (χ1v) is 8.15. The molecule has 4 rings (SSSR count). The number of rotatable bonds is 2. The van der Waals surface area contributed by atoms with Crippen molar-refractivity contribution in [3.63, 3.8) is 0 Å². The summed E-state index contributed by atoms with van der Waals surface area (Å²) in [5.74, 6) is 1.39. The summed E-state index contributed by atoms with van der Waals surface area (Å²) in [7, 11) is 0. The monoisotopic (exact) mass is 334 g/mol. The first-order valence-electron chi connectivity index (χ1n) is 8.15. The number of hydrogen-bond donors (Lipinski definition) is 0. The number of nitrogens with zero attached hydrogens (tertiary/aromatic N) is 4. The molecule has 1 atom stereocenters. The van der Waals surface area contributed by atoms with E-state index in [-0.39, 0.29) is 12.0 Å². The third-order valence-corrected chi connectivity index (χ3v) is 4.18. The average Bonchev–Trinajstić information content (AvgIpc) is 3.15. The quantitative estimate of drug-likeness (QED) is 0.723. The Morgan fingerprint density at radius 3 is 2.88 bits per heavy atom. The van der Waals surface area contributed by atoms with Gasteiger partial charge in [-0.15, -0.1) is 0 Å². The Morgan fingerprint density at radius 1 is 1.28 bits per heavy atom. The van der Waals surface area contributed by atoms with Crippen LogP contribution in [0.2, 0.25) is 0 Å².